The van der Waals surface area contributed by atoms with Crippen LogP contribution in [0.15, 0.2) is 23.8 Å². The highest BCUT2D eigenvalue weighted by Crippen LogP contribution is 2.33. The molecule has 4 atom stereocenters. The van der Waals surface area contributed by atoms with E-state index in [4.69, 9.17) is 9.47 Å². The first-order valence-electron chi connectivity index (χ1n) is 9.60. The van der Waals surface area contributed by atoms with E-state index in [1.54, 1.807) is 19.9 Å². The molecule has 1 fully saturated rings. The molecule has 2 aliphatic rings. The fraction of sp³-hybridized carbons (Fsp3) is 0.650. The number of carbonyl (C=O) groups is 3. The molecule has 1 saturated carbocycles. The SMILES string of the molecule is CC(C)=CC(=O)O[C@@H]1C[C@]2(O)C[C@@H](OC(=O)CCCCC=CCNC2=O)[C@@H]1O. The summed E-state index contributed by atoms with van der Waals surface area (Å²) in [6.07, 6.45) is 3.05. The van der Waals surface area contributed by atoms with E-state index in [1.807, 2.05) is 6.08 Å². The molecular formula is C20H29NO7. The summed E-state index contributed by atoms with van der Waals surface area (Å²) in [6, 6.07) is 0. The quantitative estimate of drug-likeness (QED) is 0.361. The van der Waals surface area contributed by atoms with Gasteiger partial charge in [0.25, 0.3) is 5.91 Å². The lowest BCUT2D eigenvalue weighted by Gasteiger charge is -2.41. The second-order valence-corrected chi connectivity index (χ2v) is 7.58. The van der Waals surface area contributed by atoms with E-state index in [9.17, 15) is 24.6 Å². The zero-order valence-corrected chi connectivity index (χ0v) is 16.3. The van der Waals surface area contributed by atoms with Crippen LogP contribution in [0.1, 0.15) is 52.4 Å². The van der Waals surface area contributed by atoms with Crippen molar-refractivity contribution in [1.82, 2.24) is 5.32 Å². The van der Waals surface area contributed by atoms with Gasteiger partial charge in [0.2, 0.25) is 0 Å². The molecule has 0 aromatic heterocycles. The molecule has 3 N–H and O–H groups in total. The van der Waals surface area contributed by atoms with Crippen LogP contribution in [0.25, 0.3) is 0 Å². The summed E-state index contributed by atoms with van der Waals surface area (Å²) < 4.78 is 10.6. The maximum absolute atomic E-state index is 12.5. The minimum Gasteiger partial charge on any atom is -0.459 e. The molecule has 1 aliphatic carbocycles. The highest BCUT2D eigenvalue weighted by atomic mass is 16.6. The van der Waals surface area contributed by atoms with Gasteiger partial charge >= 0.3 is 11.9 Å². The Morgan fingerprint density at radius 3 is 2.75 bits per heavy atom. The van der Waals surface area contributed by atoms with Crippen molar-refractivity contribution in [2.75, 3.05) is 6.54 Å². The van der Waals surface area contributed by atoms with Crippen LogP contribution in [0.3, 0.4) is 0 Å². The molecule has 0 spiro atoms. The standard InChI is InChI=1S/C20H29NO7/c1-13(2)10-17(23)28-15-12-20(26)11-14(18(15)24)27-16(22)8-6-4-3-5-7-9-21-19(20)25/h5,7,10,14-15,18,24,26H,3-4,6,8-9,11-12H2,1-2H3,(H,21,25)/t14-,15-,18+,20-/m1/s1. The van der Waals surface area contributed by atoms with E-state index in [0.29, 0.717) is 12.0 Å². The Balaban J connectivity index is 2.25. The van der Waals surface area contributed by atoms with Gasteiger partial charge in [-0.05, 0) is 33.1 Å². The predicted octanol–water partition coefficient (Wildman–Crippen LogP) is 0.908. The third kappa shape index (κ3) is 6.17. The molecule has 156 valence electrons. The third-order valence-corrected chi connectivity index (χ3v) is 4.77. The molecule has 8 heteroatoms. The molecule has 0 aromatic carbocycles. The first kappa shape index (κ1) is 22.1. The van der Waals surface area contributed by atoms with Gasteiger partial charge in [-0.15, -0.1) is 0 Å². The molecule has 0 unspecified atom stereocenters. The average Bonchev–Trinajstić information content (AvgIpc) is 2.59. The van der Waals surface area contributed by atoms with Crippen molar-refractivity contribution in [2.24, 2.45) is 0 Å². The smallest absolute Gasteiger partial charge is 0.331 e. The minimum atomic E-state index is -1.93. The number of rotatable bonds is 2. The second-order valence-electron chi connectivity index (χ2n) is 7.58. The highest BCUT2D eigenvalue weighted by molar-refractivity contribution is 5.86. The Morgan fingerprint density at radius 1 is 1.29 bits per heavy atom. The van der Waals surface area contributed by atoms with Crippen molar-refractivity contribution in [3.63, 3.8) is 0 Å². The van der Waals surface area contributed by atoms with E-state index in [1.165, 1.54) is 6.08 Å². The number of carbonyl (C=O) groups excluding carboxylic acids is 3. The summed E-state index contributed by atoms with van der Waals surface area (Å²) in [5.41, 5.74) is -1.23. The van der Waals surface area contributed by atoms with Gasteiger partial charge < -0.3 is 25.0 Å². The molecule has 28 heavy (non-hydrogen) atoms. The molecule has 8 nitrogen and oxygen atoms in total. The van der Waals surface area contributed by atoms with Gasteiger partial charge in [0, 0.05) is 31.9 Å². The van der Waals surface area contributed by atoms with Crippen LogP contribution in [0.4, 0.5) is 0 Å². The van der Waals surface area contributed by atoms with Gasteiger partial charge in [-0.25, -0.2) is 4.79 Å². The van der Waals surface area contributed by atoms with E-state index in [0.717, 1.165) is 12.8 Å². The van der Waals surface area contributed by atoms with E-state index >= 15 is 0 Å². The molecule has 2 rings (SSSR count). The Bertz CT molecular complexity index is 653. The van der Waals surface area contributed by atoms with Crippen molar-refractivity contribution >= 4 is 17.8 Å². The number of aliphatic hydroxyl groups is 2. The third-order valence-electron chi connectivity index (χ3n) is 4.77. The molecule has 1 heterocycles. The molecule has 1 aliphatic heterocycles. The van der Waals surface area contributed by atoms with Gasteiger partial charge in [0.1, 0.15) is 23.9 Å². The fourth-order valence-corrected chi connectivity index (χ4v) is 3.33. The van der Waals surface area contributed by atoms with Crippen LogP contribution in [-0.4, -0.2) is 58.5 Å². The zero-order valence-electron chi connectivity index (χ0n) is 16.3. The molecular weight excluding hydrogens is 366 g/mol. The molecule has 1 amide bonds. The lowest BCUT2D eigenvalue weighted by molar-refractivity contribution is -0.198. The summed E-state index contributed by atoms with van der Waals surface area (Å²) in [4.78, 5) is 36.6. The number of nitrogens with one attached hydrogen (secondary N) is 1. The van der Waals surface area contributed by atoms with Crippen molar-refractivity contribution in [1.29, 1.82) is 0 Å². The summed E-state index contributed by atoms with van der Waals surface area (Å²) in [6.45, 7) is 3.67. The van der Waals surface area contributed by atoms with Gasteiger partial charge in [-0.1, -0.05) is 17.7 Å². The van der Waals surface area contributed by atoms with E-state index < -0.39 is 41.8 Å². The number of ether oxygens (including phenoxy) is 2. The lowest BCUT2D eigenvalue weighted by Crippen LogP contribution is -2.60. The number of fused-ring (bicyclic) bond motifs is 2. The number of allylic oxidation sites excluding steroid dienone is 2. The van der Waals surface area contributed by atoms with Crippen molar-refractivity contribution < 1.29 is 34.1 Å². The monoisotopic (exact) mass is 395 g/mol. The number of hydrogen-bond acceptors (Lipinski definition) is 7. The van der Waals surface area contributed by atoms with Gasteiger partial charge in [-0.3, -0.25) is 9.59 Å². The topological polar surface area (TPSA) is 122 Å². The summed E-state index contributed by atoms with van der Waals surface area (Å²) in [5.74, 6) is -1.88. The van der Waals surface area contributed by atoms with Crippen LogP contribution in [-0.2, 0) is 23.9 Å². The number of aliphatic hydroxyl groups excluding tert-OH is 1. The lowest BCUT2D eigenvalue weighted by atomic mass is 9.78. The molecule has 0 aromatic rings. The number of hydrogen-bond donors (Lipinski definition) is 3. The van der Waals surface area contributed by atoms with Crippen molar-refractivity contribution in [3.05, 3.63) is 23.8 Å². The normalized spacial score (nSPS) is 31.8. The Hall–Kier alpha value is -2.19. The molecule has 0 radical (unpaired) electrons. The summed E-state index contributed by atoms with van der Waals surface area (Å²) >= 11 is 0. The second kappa shape index (κ2) is 9.84. The predicted molar refractivity (Wildman–Crippen MR) is 100.0 cm³/mol. The van der Waals surface area contributed by atoms with E-state index in [-0.39, 0.29) is 25.8 Å². The van der Waals surface area contributed by atoms with Crippen LogP contribution < -0.4 is 5.32 Å². The Labute approximate surface area is 164 Å². The van der Waals surface area contributed by atoms with Crippen LogP contribution in [0, 0.1) is 0 Å². The van der Waals surface area contributed by atoms with Crippen LogP contribution >= 0.6 is 0 Å². The Kier molecular flexibility index (Phi) is 7.77. The van der Waals surface area contributed by atoms with Gasteiger partial charge in [-0.2, -0.15) is 0 Å². The summed E-state index contributed by atoms with van der Waals surface area (Å²) in [5, 5.41) is 24.1. The largest absolute Gasteiger partial charge is 0.459 e. The maximum Gasteiger partial charge on any atom is 0.331 e. The minimum absolute atomic E-state index is 0.171. The van der Waals surface area contributed by atoms with Gasteiger partial charge in [0.05, 0.1) is 0 Å². The number of esters is 2. The van der Waals surface area contributed by atoms with Gasteiger partial charge in [0.15, 0.2) is 0 Å². The number of amides is 1. The molecule has 2 bridgehead atoms. The summed E-state index contributed by atoms with van der Waals surface area (Å²) in [7, 11) is 0. The Morgan fingerprint density at radius 2 is 2.04 bits per heavy atom. The van der Waals surface area contributed by atoms with Crippen molar-refractivity contribution in [2.45, 2.75) is 76.3 Å². The average molecular weight is 395 g/mol. The van der Waals surface area contributed by atoms with Crippen LogP contribution in [0.2, 0.25) is 0 Å². The maximum atomic E-state index is 12.5. The fourth-order valence-electron chi connectivity index (χ4n) is 3.33. The first-order valence-corrected chi connectivity index (χ1v) is 9.60. The molecule has 0 saturated heterocycles. The van der Waals surface area contributed by atoms with Crippen molar-refractivity contribution in [3.8, 4) is 0 Å². The first-order chi connectivity index (χ1) is 13.2. The zero-order chi connectivity index (χ0) is 20.7. The highest BCUT2D eigenvalue weighted by Gasteiger charge is 2.51. The van der Waals surface area contributed by atoms with Crippen LogP contribution in [0.5, 0.6) is 0 Å². The van der Waals surface area contributed by atoms with E-state index in [2.05, 4.69) is 5.32 Å².